The van der Waals surface area contributed by atoms with Crippen molar-refractivity contribution in [3.8, 4) is 0 Å². The van der Waals surface area contributed by atoms with Crippen LogP contribution in [0.15, 0.2) is 36.5 Å². The monoisotopic (exact) mass is 201 g/mol. The van der Waals surface area contributed by atoms with Crippen LogP contribution in [0.5, 0.6) is 0 Å². The van der Waals surface area contributed by atoms with Crippen molar-refractivity contribution in [1.82, 2.24) is 4.98 Å². The first-order valence-corrected chi connectivity index (χ1v) is 4.82. The van der Waals surface area contributed by atoms with Crippen LogP contribution in [-0.2, 0) is 11.2 Å². The van der Waals surface area contributed by atoms with E-state index in [4.69, 9.17) is 5.11 Å². The van der Waals surface area contributed by atoms with Crippen LogP contribution >= 0.6 is 0 Å². The summed E-state index contributed by atoms with van der Waals surface area (Å²) >= 11 is 0. The van der Waals surface area contributed by atoms with E-state index in [-0.39, 0.29) is 6.42 Å². The lowest BCUT2D eigenvalue weighted by atomic mass is 10.0. The highest BCUT2D eigenvalue weighted by molar-refractivity contribution is 5.82. The van der Waals surface area contributed by atoms with Crippen LogP contribution in [0.3, 0.4) is 0 Å². The van der Waals surface area contributed by atoms with Crippen LogP contribution in [0.25, 0.3) is 10.9 Å². The third kappa shape index (κ3) is 2.13. The Kier molecular flexibility index (Phi) is 2.63. The molecule has 0 saturated carbocycles. The third-order valence-corrected chi connectivity index (χ3v) is 2.34. The van der Waals surface area contributed by atoms with Crippen molar-refractivity contribution in [2.24, 2.45) is 0 Å². The number of pyridine rings is 1. The molecule has 0 fully saturated rings. The molecule has 0 radical (unpaired) electrons. The van der Waals surface area contributed by atoms with E-state index >= 15 is 0 Å². The minimum atomic E-state index is -0.768. The standard InChI is InChI=1S/C12H11NO2/c14-12(15)7-6-9-3-1-5-11-10(9)4-2-8-13-11/h1-5,8H,6-7H2,(H,14,15). The Bertz CT molecular complexity index is 488. The van der Waals surface area contributed by atoms with E-state index < -0.39 is 5.97 Å². The first-order chi connectivity index (χ1) is 7.27. The Labute approximate surface area is 87.4 Å². The molecule has 2 aromatic rings. The highest BCUT2D eigenvalue weighted by atomic mass is 16.4. The molecule has 1 aromatic carbocycles. The first-order valence-electron chi connectivity index (χ1n) is 4.82. The average Bonchev–Trinajstić information content (AvgIpc) is 2.26. The Hall–Kier alpha value is -1.90. The van der Waals surface area contributed by atoms with Gasteiger partial charge in [-0.1, -0.05) is 18.2 Å². The molecule has 0 amide bonds. The third-order valence-electron chi connectivity index (χ3n) is 2.34. The van der Waals surface area contributed by atoms with Gasteiger partial charge in [-0.25, -0.2) is 0 Å². The van der Waals surface area contributed by atoms with Crippen molar-refractivity contribution >= 4 is 16.9 Å². The van der Waals surface area contributed by atoms with E-state index in [9.17, 15) is 4.79 Å². The Balaban J connectivity index is 2.38. The van der Waals surface area contributed by atoms with E-state index in [1.54, 1.807) is 6.20 Å². The molecule has 3 nitrogen and oxygen atoms in total. The van der Waals surface area contributed by atoms with Gasteiger partial charge in [0.1, 0.15) is 0 Å². The summed E-state index contributed by atoms with van der Waals surface area (Å²) in [6.07, 6.45) is 2.45. The number of benzene rings is 1. The molecule has 0 unspecified atom stereocenters. The number of aliphatic carboxylic acids is 1. The maximum absolute atomic E-state index is 10.5. The van der Waals surface area contributed by atoms with Crippen molar-refractivity contribution in [1.29, 1.82) is 0 Å². The fraction of sp³-hybridized carbons (Fsp3) is 0.167. The number of nitrogens with zero attached hydrogens (tertiary/aromatic N) is 1. The van der Waals surface area contributed by atoms with E-state index in [0.717, 1.165) is 16.5 Å². The zero-order valence-electron chi connectivity index (χ0n) is 8.18. The van der Waals surface area contributed by atoms with Crippen molar-refractivity contribution in [2.45, 2.75) is 12.8 Å². The van der Waals surface area contributed by atoms with E-state index in [2.05, 4.69) is 4.98 Å². The number of carboxylic acids is 1. The quantitative estimate of drug-likeness (QED) is 0.828. The molecule has 3 heteroatoms. The van der Waals surface area contributed by atoms with Crippen LogP contribution in [0.4, 0.5) is 0 Å². The predicted molar refractivity (Wildman–Crippen MR) is 57.7 cm³/mol. The summed E-state index contributed by atoms with van der Waals surface area (Å²) in [6.45, 7) is 0. The number of carbonyl (C=O) groups is 1. The molecule has 0 aliphatic carbocycles. The Morgan fingerprint density at radius 2 is 2.13 bits per heavy atom. The van der Waals surface area contributed by atoms with E-state index in [1.165, 1.54) is 0 Å². The summed E-state index contributed by atoms with van der Waals surface area (Å²) in [5.41, 5.74) is 1.96. The largest absolute Gasteiger partial charge is 0.481 e. The molecule has 0 aliphatic heterocycles. The summed E-state index contributed by atoms with van der Waals surface area (Å²) in [5.74, 6) is -0.768. The van der Waals surface area contributed by atoms with Crippen molar-refractivity contribution in [3.05, 3.63) is 42.1 Å². The number of fused-ring (bicyclic) bond motifs is 1. The SMILES string of the molecule is O=C(O)CCc1cccc2ncccc12. The molecule has 0 saturated heterocycles. The second-order valence-electron chi connectivity index (χ2n) is 3.38. The van der Waals surface area contributed by atoms with Gasteiger partial charge in [0.05, 0.1) is 5.52 Å². The lowest BCUT2D eigenvalue weighted by molar-refractivity contribution is -0.136. The van der Waals surface area contributed by atoms with Crippen LogP contribution in [-0.4, -0.2) is 16.1 Å². The van der Waals surface area contributed by atoms with Gasteiger partial charge in [0.2, 0.25) is 0 Å². The normalized spacial score (nSPS) is 10.4. The summed E-state index contributed by atoms with van der Waals surface area (Å²) in [4.78, 5) is 14.7. The second-order valence-corrected chi connectivity index (χ2v) is 3.38. The molecule has 0 spiro atoms. The van der Waals surface area contributed by atoms with Gasteiger partial charge in [-0.3, -0.25) is 9.78 Å². The molecule has 1 heterocycles. The van der Waals surface area contributed by atoms with Crippen molar-refractivity contribution < 1.29 is 9.90 Å². The Morgan fingerprint density at radius 3 is 2.93 bits per heavy atom. The second kappa shape index (κ2) is 4.09. The number of aromatic nitrogens is 1. The van der Waals surface area contributed by atoms with Crippen LogP contribution in [0, 0.1) is 0 Å². The van der Waals surface area contributed by atoms with Gasteiger partial charge in [0, 0.05) is 18.0 Å². The highest BCUT2D eigenvalue weighted by Gasteiger charge is 2.03. The summed E-state index contributed by atoms with van der Waals surface area (Å²) in [7, 11) is 0. The summed E-state index contributed by atoms with van der Waals surface area (Å²) in [6, 6.07) is 9.63. The van der Waals surface area contributed by atoms with Crippen LogP contribution in [0.1, 0.15) is 12.0 Å². The van der Waals surface area contributed by atoms with E-state index in [0.29, 0.717) is 6.42 Å². The van der Waals surface area contributed by atoms with Gasteiger partial charge < -0.3 is 5.11 Å². The van der Waals surface area contributed by atoms with Gasteiger partial charge in [-0.15, -0.1) is 0 Å². The van der Waals surface area contributed by atoms with Gasteiger partial charge in [-0.05, 0) is 24.1 Å². The number of aryl methyl sites for hydroxylation is 1. The zero-order chi connectivity index (χ0) is 10.7. The molecule has 15 heavy (non-hydrogen) atoms. The minimum absolute atomic E-state index is 0.161. The molecule has 2 rings (SSSR count). The maximum atomic E-state index is 10.5. The zero-order valence-corrected chi connectivity index (χ0v) is 8.18. The lowest BCUT2D eigenvalue weighted by Crippen LogP contribution is -1.98. The van der Waals surface area contributed by atoms with Crippen molar-refractivity contribution in [3.63, 3.8) is 0 Å². The lowest BCUT2D eigenvalue weighted by Gasteiger charge is -2.03. The first kappa shape index (κ1) is 9.65. The molecule has 76 valence electrons. The summed E-state index contributed by atoms with van der Waals surface area (Å²) in [5, 5.41) is 9.67. The highest BCUT2D eigenvalue weighted by Crippen LogP contribution is 2.17. The fourth-order valence-electron chi connectivity index (χ4n) is 1.63. The molecular formula is C12H11NO2. The van der Waals surface area contributed by atoms with Gasteiger partial charge in [-0.2, -0.15) is 0 Å². The van der Waals surface area contributed by atoms with Gasteiger partial charge in [0.25, 0.3) is 0 Å². The molecule has 1 aromatic heterocycles. The molecule has 0 bridgehead atoms. The van der Waals surface area contributed by atoms with Crippen molar-refractivity contribution in [2.75, 3.05) is 0 Å². The molecule has 0 aliphatic rings. The number of carboxylic acid groups (broad SMARTS) is 1. The topological polar surface area (TPSA) is 50.2 Å². The summed E-state index contributed by atoms with van der Waals surface area (Å²) < 4.78 is 0. The molecular weight excluding hydrogens is 190 g/mol. The van der Waals surface area contributed by atoms with Gasteiger partial charge in [0.15, 0.2) is 0 Å². The smallest absolute Gasteiger partial charge is 0.303 e. The number of rotatable bonds is 3. The maximum Gasteiger partial charge on any atom is 0.303 e. The number of hydrogen-bond donors (Lipinski definition) is 1. The fourth-order valence-corrected chi connectivity index (χ4v) is 1.63. The van der Waals surface area contributed by atoms with Crippen LogP contribution in [0.2, 0.25) is 0 Å². The minimum Gasteiger partial charge on any atom is -0.481 e. The van der Waals surface area contributed by atoms with Crippen LogP contribution < -0.4 is 0 Å². The Morgan fingerprint density at radius 1 is 1.27 bits per heavy atom. The predicted octanol–water partition coefficient (Wildman–Crippen LogP) is 2.25. The number of hydrogen-bond acceptors (Lipinski definition) is 2. The van der Waals surface area contributed by atoms with Gasteiger partial charge >= 0.3 is 5.97 Å². The molecule has 0 atom stereocenters. The molecule has 1 N–H and O–H groups in total. The van der Waals surface area contributed by atoms with E-state index in [1.807, 2.05) is 30.3 Å². The average molecular weight is 201 g/mol.